The van der Waals surface area contributed by atoms with Gasteiger partial charge in [-0.25, -0.2) is 22.8 Å². The summed E-state index contributed by atoms with van der Waals surface area (Å²) in [6, 6.07) is 5.42. The Hall–Kier alpha value is -3.93. The molecule has 9 nitrogen and oxygen atoms in total. The summed E-state index contributed by atoms with van der Waals surface area (Å²) in [6.45, 7) is 1.48. The summed E-state index contributed by atoms with van der Waals surface area (Å²) >= 11 is 0. The number of anilines is 2. The molecule has 0 aromatic heterocycles. The average molecular weight is 495 g/mol. The Morgan fingerprint density at radius 1 is 0.829 bits per heavy atom. The third kappa shape index (κ3) is 7.54. The first-order valence-corrected chi connectivity index (χ1v) is 10.4. The predicted molar refractivity (Wildman–Crippen MR) is 119 cm³/mol. The summed E-state index contributed by atoms with van der Waals surface area (Å²) in [5, 5.41) is 4.68. The van der Waals surface area contributed by atoms with Crippen LogP contribution in [-0.4, -0.2) is 62.5 Å². The average Bonchev–Trinajstić information content (AvgIpc) is 2.83. The highest BCUT2D eigenvalue weighted by Crippen LogP contribution is 2.20. The Morgan fingerprint density at radius 3 is 1.89 bits per heavy atom. The van der Waals surface area contributed by atoms with Gasteiger partial charge in [-0.15, -0.1) is 0 Å². The number of benzene rings is 2. The van der Waals surface area contributed by atoms with Crippen LogP contribution < -0.4 is 10.6 Å². The number of hydrogen-bond acceptors (Lipinski definition) is 7. The van der Waals surface area contributed by atoms with E-state index in [-0.39, 0.29) is 29.9 Å². The lowest BCUT2D eigenvalue weighted by Gasteiger charge is -2.21. The normalized spacial score (nSPS) is 10.6. The van der Waals surface area contributed by atoms with Gasteiger partial charge in [0.1, 0.15) is 0 Å². The van der Waals surface area contributed by atoms with Crippen molar-refractivity contribution in [2.45, 2.75) is 13.3 Å². The first-order chi connectivity index (χ1) is 16.6. The van der Waals surface area contributed by atoms with Crippen LogP contribution in [0.1, 0.15) is 34.1 Å². The van der Waals surface area contributed by atoms with Gasteiger partial charge in [0.05, 0.1) is 44.1 Å². The molecule has 0 bridgehead atoms. The van der Waals surface area contributed by atoms with Crippen LogP contribution in [0.2, 0.25) is 0 Å². The van der Waals surface area contributed by atoms with Crippen molar-refractivity contribution in [1.29, 1.82) is 0 Å². The van der Waals surface area contributed by atoms with E-state index >= 15 is 0 Å². The van der Waals surface area contributed by atoms with E-state index in [2.05, 4.69) is 20.1 Å². The number of carbonyl (C=O) groups is 4. The maximum absolute atomic E-state index is 13.8. The number of halogens is 3. The van der Waals surface area contributed by atoms with E-state index in [1.54, 1.807) is 6.92 Å². The molecule has 0 radical (unpaired) electrons. The van der Waals surface area contributed by atoms with Crippen molar-refractivity contribution in [3.05, 3.63) is 58.9 Å². The van der Waals surface area contributed by atoms with Crippen LogP contribution in [0, 0.1) is 17.5 Å². The summed E-state index contributed by atoms with van der Waals surface area (Å²) < 4.78 is 49.6. The molecule has 0 saturated carbocycles. The first kappa shape index (κ1) is 27.3. The zero-order valence-corrected chi connectivity index (χ0v) is 19.2. The molecule has 2 amide bonds. The number of hydrogen-bond donors (Lipinski definition) is 2. The Morgan fingerprint density at radius 2 is 1.37 bits per heavy atom. The molecule has 0 aliphatic carbocycles. The standard InChI is InChI=1S/C23H24F3N3O6/c1-4-7-29(12-19(31)28-17-6-5-16(24)20(25)21(17)26)11-18(30)27-15-9-13(22(32)34-2)8-14(10-15)23(33)35-3/h5-6,8-10H,4,7,11-12H2,1-3H3,(H,27,30)(H,28,31). The topological polar surface area (TPSA) is 114 Å². The summed E-state index contributed by atoms with van der Waals surface area (Å²) in [6.07, 6.45) is 0.560. The highest BCUT2D eigenvalue weighted by atomic mass is 19.2. The molecule has 0 heterocycles. The molecule has 2 rings (SSSR count). The number of methoxy groups -OCH3 is 2. The van der Waals surface area contributed by atoms with Gasteiger partial charge in [0, 0.05) is 5.69 Å². The largest absolute Gasteiger partial charge is 0.465 e. The van der Waals surface area contributed by atoms with E-state index in [4.69, 9.17) is 0 Å². The van der Waals surface area contributed by atoms with Crippen LogP contribution in [0.3, 0.4) is 0 Å². The molecule has 12 heteroatoms. The zero-order valence-electron chi connectivity index (χ0n) is 19.2. The lowest BCUT2D eigenvalue weighted by Crippen LogP contribution is -2.39. The van der Waals surface area contributed by atoms with Gasteiger partial charge < -0.3 is 20.1 Å². The van der Waals surface area contributed by atoms with Crippen LogP contribution in [0.5, 0.6) is 0 Å². The molecule has 2 N–H and O–H groups in total. The minimum absolute atomic E-state index is 0.00375. The molecule has 0 aliphatic heterocycles. The van der Waals surface area contributed by atoms with E-state index in [9.17, 15) is 32.3 Å². The quantitative estimate of drug-likeness (QED) is 0.385. The number of amides is 2. The van der Waals surface area contributed by atoms with Gasteiger partial charge in [-0.2, -0.15) is 0 Å². The molecule has 0 saturated heterocycles. The van der Waals surface area contributed by atoms with Crippen molar-refractivity contribution in [3.63, 3.8) is 0 Å². The maximum atomic E-state index is 13.8. The van der Waals surface area contributed by atoms with Gasteiger partial charge in [0.25, 0.3) is 0 Å². The van der Waals surface area contributed by atoms with E-state index < -0.39 is 46.9 Å². The highest BCUT2D eigenvalue weighted by molar-refractivity contribution is 6.00. The number of esters is 2. The fourth-order valence-electron chi connectivity index (χ4n) is 3.12. The van der Waals surface area contributed by atoms with Gasteiger partial charge in [-0.1, -0.05) is 6.92 Å². The smallest absolute Gasteiger partial charge is 0.337 e. The Bertz CT molecular complexity index is 1090. The number of nitrogens with one attached hydrogen (secondary N) is 2. The van der Waals surface area contributed by atoms with Crippen molar-refractivity contribution in [2.24, 2.45) is 0 Å². The van der Waals surface area contributed by atoms with Crippen molar-refractivity contribution < 1.29 is 41.8 Å². The van der Waals surface area contributed by atoms with E-state index in [0.29, 0.717) is 19.0 Å². The van der Waals surface area contributed by atoms with Crippen LogP contribution in [-0.2, 0) is 19.1 Å². The second kappa shape index (κ2) is 12.5. The van der Waals surface area contributed by atoms with E-state index in [1.165, 1.54) is 23.1 Å². The Balaban J connectivity index is 2.11. The van der Waals surface area contributed by atoms with E-state index in [1.807, 2.05) is 0 Å². The van der Waals surface area contributed by atoms with Crippen molar-refractivity contribution in [1.82, 2.24) is 4.90 Å². The molecular weight excluding hydrogens is 471 g/mol. The molecule has 0 aliphatic rings. The van der Waals surface area contributed by atoms with Gasteiger partial charge in [0.2, 0.25) is 11.8 Å². The second-order valence-electron chi connectivity index (χ2n) is 7.31. The van der Waals surface area contributed by atoms with Crippen molar-refractivity contribution in [2.75, 3.05) is 44.5 Å². The van der Waals surface area contributed by atoms with Crippen LogP contribution in [0.25, 0.3) is 0 Å². The highest BCUT2D eigenvalue weighted by Gasteiger charge is 2.19. The lowest BCUT2D eigenvalue weighted by atomic mass is 10.1. The molecule has 2 aromatic rings. The zero-order chi connectivity index (χ0) is 26.1. The molecule has 35 heavy (non-hydrogen) atoms. The Labute approximate surface area is 199 Å². The fraction of sp³-hybridized carbons (Fsp3) is 0.304. The number of ether oxygens (including phenoxy) is 2. The third-order valence-electron chi connectivity index (χ3n) is 4.64. The molecule has 0 unspecified atom stereocenters. The summed E-state index contributed by atoms with van der Waals surface area (Å²) in [5.41, 5.74) is -0.416. The first-order valence-electron chi connectivity index (χ1n) is 10.4. The summed E-state index contributed by atoms with van der Waals surface area (Å²) in [7, 11) is 2.32. The third-order valence-corrected chi connectivity index (χ3v) is 4.64. The molecule has 2 aromatic carbocycles. The SMILES string of the molecule is CCCN(CC(=O)Nc1cc(C(=O)OC)cc(C(=O)OC)c1)CC(=O)Nc1ccc(F)c(F)c1F. The van der Waals surface area contributed by atoms with Gasteiger partial charge in [0.15, 0.2) is 17.5 Å². The lowest BCUT2D eigenvalue weighted by molar-refractivity contribution is -0.120. The van der Waals surface area contributed by atoms with Crippen LogP contribution >= 0.6 is 0 Å². The molecule has 188 valence electrons. The number of rotatable bonds is 10. The maximum Gasteiger partial charge on any atom is 0.337 e. The summed E-state index contributed by atoms with van der Waals surface area (Å²) in [4.78, 5) is 50.2. The van der Waals surface area contributed by atoms with Gasteiger partial charge in [-0.05, 0) is 43.3 Å². The molecule has 0 spiro atoms. The van der Waals surface area contributed by atoms with Crippen molar-refractivity contribution in [3.8, 4) is 0 Å². The Kier molecular flexibility index (Phi) is 9.76. The summed E-state index contributed by atoms with van der Waals surface area (Å²) in [5.74, 6) is -7.45. The van der Waals surface area contributed by atoms with Crippen LogP contribution in [0.4, 0.5) is 24.5 Å². The predicted octanol–water partition coefficient (Wildman–Crippen LogP) is 2.97. The second-order valence-corrected chi connectivity index (χ2v) is 7.31. The van der Waals surface area contributed by atoms with Gasteiger partial charge in [-0.3, -0.25) is 14.5 Å². The fourth-order valence-corrected chi connectivity index (χ4v) is 3.12. The number of nitrogens with zero attached hydrogens (tertiary/aromatic N) is 1. The van der Waals surface area contributed by atoms with Crippen LogP contribution in [0.15, 0.2) is 30.3 Å². The molecule has 0 fully saturated rings. The van der Waals surface area contributed by atoms with Gasteiger partial charge >= 0.3 is 11.9 Å². The molecule has 0 atom stereocenters. The monoisotopic (exact) mass is 495 g/mol. The minimum atomic E-state index is -1.71. The van der Waals surface area contributed by atoms with Crippen molar-refractivity contribution >= 4 is 35.1 Å². The molecular formula is C23H24F3N3O6. The number of carbonyl (C=O) groups excluding carboxylic acids is 4. The minimum Gasteiger partial charge on any atom is -0.465 e. The van der Waals surface area contributed by atoms with E-state index in [0.717, 1.165) is 20.3 Å².